The Balaban J connectivity index is 1.37. The molecule has 2 aromatic carbocycles. The average molecular weight is 397 g/mol. The maximum Gasteiger partial charge on any atom is 0.410 e. The SMILES string of the molecule is O=C(OCc1ccccc1)N1CCc2c(n3c4c(cc(Cl)cc24)OCC3)CC1. The predicted octanol–water partition coefficient (Wildman–Crippen LogP) is 4.42. The lowest BCUT2D eigenvalue weighted by molar-refractivity contribution is 0.0976. The summed E-state index contributed by atoms with van der Waals surface area (Å²) in [5, 5.41) is 1.84. The smallest absolute Gasteiger partial charge is 0.410 e. The van der Waals surface area contributed by atoms with Crippen LogP contribution in [0.4, 0.5) is 4.79 Å². The number of carbonyl (C=O) groups is 1. The van der Waals surface area contributed by atoms with E-state index in [0.717, 1.165) is 41.6 Å². The van der Waals surface area contributed by atoms with Gasteiger partial charge in [-0.05, 0) is 23.6 Å². The van der Waals surface area contributed by atoms with Crippen molar-refractivity contribution in [2.75, 3.05) is 19.7 Å². The molecule has 0 atom stereocenters. The van der Waals surface area contributed by atoms with Crippen molar-refractivity contribution in [2.24, 2.45) is 0 Å². The molecule has 1 aromatic heterocycles. The van der Waals surface area contributed by atoms with Crippen LogP contribution in [0, 0.1) is 0 Å². The quantitative estimate of drug-likeness (QED) is 0.643. The van der Waals surface area contributed by atoms with E-state index in [1.165, 1.54) is 11.3 Å². The second kappa shape index (κ2) is 7.06. The normalized spacial score (nSPS) is 15.7. The summed E-state index contributed by atoms with van der Waals surface area (Å²) in [5.74, 6) is 0.862. The molecule has 6 heteroatoms. The van der Waals surface area contributed by atoms with E-state index >= 15 is 0 Å². The molecule has 5 rings (SSSR count). The summed E-state index contributed by atoms with van der Waals surface area (Å²) in [7, 11) is 0. The fourth-order valence-corrected chi connectivity index (χ4v) is 4.51. The highest BCUT2D eigenvalue weighted by Crippen LogP contribution is 2.39. The Morgan fingerprint density at radius 3 is 2.79 bits per heavy atom. The first-order chi connectivity index (χ1) is 13.7. The maximum absolute atomic E-state index is 12.6. The van der Waals surface area contributed by atoms with Gasteiger partial charge in [-0.25, -0.2) is 4.79 Å². The zero-order valence-electron chi connectivity index (χ0n) is 15.5. The van der Waals surface area contributed by atoms with E-state index in [0.29, 0.717) is 31.3 Å². The second-order valence-corrected chi connectivity index (χ2v) is 7.69. The minimum atomic E-state index is -0.251. The predicted molar refractivity (Wildman–Crippen MR) is 108 cm³/mol. The molecule has 2 aliphatic heterocycles. The summed E-state index contributed by atoms with van der Waals surface area (Å²) in [4.78, 5) is 14.4. The molecule has 0 unspecified atom stereocenters. The van der Waals surface area contributed by atoms with Gasteiger partial charge < -0.3 is 18.9 Å². The van der Waals surface area contributed by atoms with Crippen molar-refractivity contribution in [2.45, 2.75) is 26.0 Å². The first kappa shape index (κ1) is 17.4. The molecule has 144 valence electrons. The van der Waals surface area contributed by atoms with Gasteiger partial charge in [0.25, 0.3) is 0 Å². The van der Waals surface area contributed by atoms with Crippen molar-refractivity contribution in [1.82, 2.24) is 9.47 Å². The second-order valence-electron chi connectivity index (χ2n) is 7.25. The molecule has 0 bridgehead atoms. The van der Waals surface area contributed by atoms with Crippen LogP contribution in [0.1, 0.15) is 16.8 Å². The molecule has 0 spiro atoms. The lowest BCUT2D eigenvalue weighted by atomic mass is 10.1. The molecule has 28 heavy (non-hydrogen) atoms. The van der Waals surface area contributed by atoms with Crippen LogP contribution >= 0.6 is 11.6 Å². The van der Waals surface area contributed by atoms with Crippen molar-refractivity contribution < 1.29 is 14.3 Å². The molecule has 0 fully saturated rings. The summed E-state index contributed by atoms with van der Waals surface area (Å²) in [5.41, 5.74) is 4.71. The molecule has 2 aliphatic rings. The standard InChI is InChI=1S/C22H21ClN2O3/c23-16-12-18-17-6-8-24(22(26)28-14-15-4-2-1-3-5-15)9-7-19(17)25-10-11-27-20(13-16)21(18)25/h1-5,12-13H,6-11,14H2. The molecular formula is C22H21ClN2O3. The molecule has 0 radical (unpaired) electrons. The van der Waals surface area contributed by atoms with Gasteiger partial charge in [-0.2, -0.15) is 0 Å². The van der Waals surface area contributed by atoms with Crippen molar-refractivity contribution in [3.05, 3.63) is 64.3 Å². The summed E-state index contributed by atoms with van der Waals surface area (Å²) in [6.07, 6.45) is 1.35. The molecule has 0 saturated heterocycles. The Kier molecular flexibility index (Phi) is 4.40. The molecule has 0 saturated carbocycles. The first-order valence-electron chi connectivity index (χ1n) is 9.62. The number of rotatable bonds is 2. The van der Waals surface area contributed by atoms with E-state index in [2.05, 4.69) is 4.57 Å². The number of benzene rings is 2. The first-order valence-corrected chi connectivity index (χ1v) is 10.0. The van der Waals surface area contributed by atoms with Gasteiger partial charge in [0.2, 0.25) is 0 Å². The Morgan fingerprint density at radius 2 is 1.93 bits per heavy atom. The molecule has 3 aromatic rings. The molecule has 1 amide bonds. The molecule has 5 nitrogen and oxygen atoms in total. The Morgan fingerprint density at radius 1 is 1.11 bits per heavy atom. The van der Waals surface area contributed by atoms with Gasteiger partial charge in [-0.15, -0.1) is 0 Å². The number of hydrogen-bond acceptors (Lipinski definition) is 3. The number of ether oxygens (including phenoxy) is 2. The van der Waals surface area contributed by atoms with E-state index in [-0.39, 0.29) is 6.09 Å². The Labute approximate surface area is 168 Å². The van der Waals surface area contributed by atoms with E-state index in [1.54, 1.807) is 0 Å². The highest BCUT2D eigenvalue weighted by molar-refractivity contribution is 6.31. The van der Waals surface area contributed by atoms with E-state index in [4.69, 9.17) is 21.1 Å². The van der Waals surface area contributed by atoms with E-state index < -0.39 is 0 Å². The van der Waals surface area contributed by atoms with Gasteiger partial charge in [-0.3, -0.25) is 0 Å². The Bertz CT molecular complexity index is 1050. The van der Waals surface area contributed by atoms with Crippen molar-refractivity contribution in [3.8, 4) is 5.75 Å². The van der Waals surface area contributed by atoms with Crippen LogP contribution in [0.5, 0.6) is 5.75 Å². The van der Waals surface area contributed by atoms with E-state index in [9.17, 15) is 4.79 Å². The fourth-order valence-electron chi connectivity index (χ4n) is 4.30. The zero-order valence-corrected chi connectivity index (χ0v) is 16.2. The van der Waals surface area contributed by atoms with Gasteiger partial charge in [0.05, 0.1) is 12.1 Å². The van der Waals surface area contributed by atoms with Gasteiger partial charge in [-0.1, -0.05) is 41.9 Å². The van der Waals surface area contributed by atoms with Crippen LogP contribution in [-0.2, 0) is 30.7 Å². The monoisotopic (exact) mass is 396 g/mol. The van der Waals surface area contributed by atoms with E-state index in [1.807, 2.05) is 47.4 Å². The highest BCUT2D eigenvalue weighted by atomic mass is 35.5. The summed E-state index contributed by atoms with van der Waals surface area (Å²) in [6.45, 7) is 3.07. The minimum absolute atomic E-state index is 0.251. The third-order valence-electron chi connectivity index (χ3n) is 5.59. The lowest BCUT2D eigenvalue weighted by Crippen LogP contribution is -2.34. The maximum atomic E-state index is 12.6. The van der Waals surface area contributed by atoms with Gasteiger partial charge in [0.15, 0.2) is 0 Å². The van der Waals surface area contributed by atoms with Gasteiger partial charge in [0, 0.05) is 41.7 Å². The largest absolute Gasteiger partial charge is 0.489 e. The minimum Gasteiger partial charge on any atom is -0.489 e. The third kappa shape index (κ3) is 3.00. The van der Waals surface area contributed by atoms with Crippen LogP contribution in [-0.4, -0.2) is 35.3 Å². The van der Waals surface area contributed by atoms with Crippen molar-refractivity contribution in [3.63, 3.8) is 0 Å². The van der Waals surface area contributed by atoms with Crippen LogP contribution in [0.2, 0.25) is 5.02 Å². The van der Waals surface area contributed by atoms with Crippen molar-refractivity contribution >= 4 is 28.6 Å². The van der Waals surface area contributed by atoms with Gasteiger partial charge >= 0.3 is 6.09 Å². The average Bonchev–Trinajstić information content (AvgIpc) is 2.88. The van der Waals surface area contributed by atoms with Crippen LogP contribution in [0.3, 0.4) is 0 Å². The van der Waals surface area contributed by atoms with Crippen LogP contribution in [0.15, 0.2) is 42.5 Å². The Hall–Kier alpha value is -2.66. The van der Waals surface area contributed by atoms with Gasteiger partial charge in [0.1, 0.15) is 19.0 Å². The number of amides is 1. The van der Waals surface area contributed by atoms with Crippen molar-refractivity contribution in [1.29, 1.82) is 0 Å². The summed E-state index contributed by atoms with van der Waals surface area (Å²) < 4.78 is 13.7. The van der Waals surface area contributed by atoms with Crippen LogP contribution < -0.4 is 4.74 Å². The topological polar surface area (TPSA) is 43.7 Å². The zero-order chi connectivity index (χ0) is 19.1. The molecular weight excluding hydrogens is 376 g/mol. The molecule has 0 N–H and O–H groups in total. The number of carbonyl (C=O) groups excluding carboxylic acids is 1. The highest BCUT2D eigenvalue weighted by Gasteiger charge is 2.28. The number of hydrogen-bond donors (Lipinski definition) is 0. The van der Waals surface area contributed by atoms with Crippen LogP contribution in [0.25, 0.3) is 10.9 Å². The molecule has 0 aliphatic carbocycles. The number of nitrogens with zero attached hydrogens (tertiary/aromatic N) is 2. The number of halogens is 1. The molecule has 3 heterocycles. The number of aromatic nitrogens is 1. The summed E-state index contributed by atoms with van der Waals surface area (Å²) >= 11 is 6.32. The summed E-state index contributed by atoms with van der Waals surface area (Å²) in [6, 6.07) is 13.7. The fraction of sp³-hybridized carbons (Fsp3) is 0.318. The third-order valence-corrected chi connectivity index (χ3v) is 5.81. The lowest BCUT2D eigenvalue weighted by Gasteiger charge is -2.22. The number of fused-ring (bicyclic) bond motifs is 3.